The lowest BCUT2D eigenvalue weighted by molar-refractivity contribution is -0.449. The van der Waals surface area contributed by atoms with E-state index >= 15 is 0 Å². The molecule has 51 heavy (non-hydrogen) atoms. The van der Waals surface area contributed by atoms with Gasteiger partial charge in [0.05, 0.1) is 25.1 Å². The molecule has 1 aromatic rings. The van der Waals surface area contributed by atoms with Crippen LogP contribution in [-0.4, -0.2) is 100.0 Å². The van der Waals surface area contributed by atoms with Gasteiger partial charge in [-0.25, -0.2) is 9.59 Å². The van der Waals surface area contributed by atoms with Crippen molar-refractivity contribution in [3.8, 4) is 0 Å². The topological polar surface area (TPSA) is 213 Å². The van der Waals surface area contributed by atoms with Crippen molar-refractivity contribution in [2.24, 2.45) is 22.2 Å². The molecule has 4 bridgehead atoms. The highest BCUT2D eigenvalue weighted by molar-refractivity contribution is 5.86. The fourth-order valence-electron chi connectivity index (χ4n) is 12.1. The highest BCUT2D eigenvalue weighted by atomic mass is 16.9. The normalized spacial score (nSPS) is 50.0. The molecule has 3 aliphatic heterocycles. The molecule has 16 nitrogen and oxygen atoms in total. The zero-order chi connectivity index (χ0) is 37.1. The van der Waals surface area contributed by atoms with E-state index in [4.69, 9.17) is 42.3 Å². The molecule has 2 saturated heterocycles. The van der Waals surface area contributed by atoms with Gasteiger partial charge in [0, 0.05) is 62.5 Å². The van der Waals surface area contributed by atoms with Gasteiger partial charge < -0.3 is 52.5 Å². The molecule has 4 saturated carbocycles. The quantitative estimate of drug-likeness (QED) is 0.314. The van der Waals surface area contributed by atoms with Crippen molar-refractivity contribution in [2.45, 2.75) is 120 Å². The summed E-state index contributed by atoms with van der Waals surface area (Å²) in [5.41, 5.74) is -13.2. The van der Waals surface area contributed by atoms with Crippen LogP contribution in [0, 0.1) is 22.2 Å². The molecule has 4 heterocycles. The number of fused-ring (bicyclic) bond motifs is 4. The van der Waals surface area contributed by atoms with Gasteiger partial charge in [-0.15, -0.1) is 0 Å². The van der Waals surface area contributed by atoms with Crippen LogP contribution in [0.5, 0.6) is 0 Å². The van der Waals surface area contributed by atoms with Gasteiger partial charge in [-0.1, -0.05) is 13.8 Å². The first-order valence-corrected chi connectivity index (χ1v) is 16.7. The van der Waals surface area contributed by atoms with Crippen molar-refractivity contribution >= 4 is 29.8 Å². The number of carbonyl (C=O) groups excluding carboxylic acids is 5. The maximum atomic E-state index is 13.8. The van der Waals surface area contributed by atoms with Gasteiger partial charge in [-0.05, 0) is 25.0 Å². The van der Waals surface area contributed by atoms with Crippen LogP contribution in [0.25, 0.3) is 0 Å². The predicted molar refractivity (Wildman–Crippen MR) is 162 cm³/mol. The van der Waals surface area contributed by atoms with Gasteiger partial charge in [0.25, 0.3) is 5.97 Å². The fraction of sp³-hybridized carbons (Fsp3) is 0.686. The molecule has 276 valence electrons. The number of aliphatic hydroxyl groups is 2. The average molecular weight is 717 g/mol. The summed E-state index contributed by atoms with van der Waals surface area (Å²) in [5, 5.41) is 26.7. The number of ether oxygens (including phenoxy) is 8. The maximum absolute atomic E-state index is 13.8. The molecule has 8 rings (SSSR count). The molecule has 14 atom stereocenters. The van der Waals surface area contributed by atoms with Gasteiger partial charge in [0.1, 0.15) is 35.6 Å². The minimum Gasteiger partial charge on any atom is -0.472 e. The molecule has 2 N–H and O–H groups in total. The van der Waals surface area contributed by atoms with Gasteiger partial charge in [-0.3, -0.25) is 14.4 Å². The largest absolute Gasteiger partial charge is 0.472 e. The number of esters is 5. The molecule has 4 aliphatic carbocycles. The van der Waals surface area contributed by atoms with Crippen LogP contribution in [0.1, 0.15) is 73.0 Å². The summed E-state index contributed by atoms with van der Waals surface area (Å²) < 4.78 is 54.5. The second-order valence-electron chi connectivity index (χ2n) is 15.7. The third-order valence-electron chi connectivity index (χ3n) is 13.4. The molecular weight excluding hydrogens is 676 g/mol. The molecule has 1 aromatic heterocycles. The average Bonchev–Trinajstić information content (AvgIpc) is 3.79. The second-order valence-corrected chi connectivity index (χ2v) is 15.7. The van der Waals surface area contributed by atoms with E-state index in [1.54, 1.807) is 26.8 Å². The molecule has 7 aliphatic rings. The molecule has 16 heteroatoms. The summed E-state index contributed by atoms with van der Waals surface area (Å²) in [6, 6.07) is 1.59. The van der Waals surface area contributed by atoms with Crippen LogP contribution >= 0.6 is 0 Å². The molecule has 6 fully saturated rings. The number of hydrogen-bond acceptors (Lipinski definition) is 16. The number of hydrogen-bond donors (Lipinski definition) is 2. The SMILES string of the molecule is COC(=O)C(OC(C)=O)C1C2(C)CC3(O)C(O)(C2OC(C)=O)C2OC4(C)OC25C2=CC(=O)OC(c6ccoc6)C2(C)C(OC(C)=O)CC5(O4)C13C. The zero-order valence-corrected chi connectivity index (χ0v) is 29.3. The van der Waals surface area contributed by atoms with Crippen molar-refractivity contribution < 1.29 is 76.5 Å². The van der Waals surface area contributed by atoms with Crippen molar-refractivity contribution in [2.75, 3.05) is 7.11 Å². The van der Waals surface area contributed by atoms with E-state index in [1.807, 2.05) is 0 Å². The van der Waals surface area contributed by atoms with E-state index in [-0.39, 0.29) is 18.4 Å². The Morgan fingerprint density at radius 3 is 2.25 bits per heavy atom. The first-order valence-electron chi connectivity index (χ1n) is 16.7. The first-order chi connectivity index (χ1) is 23.7. The smallest absolute Gasteiger partial charge is 0.347 e. The molecule has 14 unspecified atom stereocenters. The molecule has 0 aromatic carbocycles. The molecule has 1 spiro atoms. The van der Waals surface area contributed by atoms with E-state index in [0.717, 1.165) is 21.0 Å². The molecule has 0 amide bonds. The Kier molecular flexibility index (Phi) is 6.57. The summed E-state index contributed by atoms with van der Waals surface area (Å²) in [4.78, 5) is 66.0. The highest BCUT2D eigenvalue weighted by Gasteiger charge is 3.03. The van der Waals surface area contributed by atoms with Crippen LogP contribution in [-0.2, 0) is 61.9 Å². The summed E-state index contributed by atoms with van der Waals surface area (Å²) in [6.45, 7) is 9.79. The summed E-state index contributed by atoms with van der Waals surface area (Å²) in [5.74, 6) is -7.48. The predicted octanol–water partition coefficient (Wildman–Crippen LogP) is 1.30. The van der Waals surface area contributed by atoms with Crippen LogP contribution < -0.4 is 0 Å². The standard InChI is InChI=1S/C35H40O16/c1-15(36)45-20-12-33-30(6)23(22(25(40)43-8)46-16(2)37)28(4)14-32(30,41)34(42,26(28)47-17(3)38)27-35(33,51-31(7,49-27)50-33)19-11-21(39)48-24(29(19,20)5)18-9-10-44-13-18/h9-11,13,20,22-24,26-27,41-42H,12,14H2,1-8H3. The van der Waals surface area contributed by atoms with Crippen molar-refractivity contribution in [1.29, 1.82) is 0 Å². The summed E-state index contributed by atoms with van der Waals surface area (Å²) in [6.07, 6.45) is -3.89. The van der Waals surface area contributed by atoms with Crippen molar-refractivity contribution in [3.05, 3.63) is 35.8 Å². The van der Waals surface area contributed by atoms with E-state index in [2.05, 4.69) is 0 Å². The van der Waals surface area contributed by atoms with Crippen LogP contribution in [0.4, 0.5) is 0 Å². The molecular formula is C35H40O16. The van der Waals surface area contributed by atoms with Crippen LogP contribution in [0.15, 0.2) is 34.7 Å². The Morgan fingerprint density at radius 2 is 1.67 bits per heavy atom. The van der Waals surface area contributed by atoms with Gasteiger partial charge in [0.2, 0.25) is 6.10 Å². The van der Waals surface area contributed by atoms with E-state index in [0.29, 0.717) is 5.56 Å². The monoisotopic (exact) mass is 716 g/mol. The van der Waals surface area contributed by atoms with Gasteiger partial charge >= 0.3 is 29.8 Å². The summed E-state index contributed by atoms with van der Waals surface area (Å²) >= 11 is 0. The maximum Gasteiger partial charge on any atom is 0.347 e. The Balaban J connectivity index is 1.49. The Hall–Kier alpha value is -3.83. The van der Waals surface area contributed by atoms with Crippen LogP contribution in [0.2, 0.25) is 0 Å². The lowest BCUT2D eigenvalue weighted by atomic mass is 9.34. The highest BCUT2D eigenvalue weighted by Crippen LogP contribution is 2.88. The van der Waals surface area contributed by atoms with Crippen molar-refractivity contribution in [1.82, 2.24) is 0 Å². The fourth-order valence-corrected chi connectivity index (χ4v) is 12.1. The van der Waals surface area contributed by atoms with Crippen molar-refractivity contribution in [3.63, 3.8) is 0 Å². The number of carbonyl (C=O) groups is 5. The number of rotatable bonds is 6. The lowest BCUT2D eigenvalue weighted by Gasteiger charge is -2.76. The number of cyclic esters (lactones) is 1. The number of furan rings is 1. The second kappa shape index (κ2) is 9.77. The lowest BCUT2D eigenvalue weighted by Crippen LogP contribution is -2.93. The van der Waals surface area contributed by atoms with Crippen LogP contribution in [0.3, 0.4) is 0 Å². The third kappa shape index (κ3) is 3.47. The number of methoxy groups -OCH3 is 1. The minimum atomic E-state index is -2.51. The third-order valence-corrected chi connectivity index (χ3v) is 13.4. The van der Waals surface area contributed by atoms with E-state index < -0.39 is 111 Å². The Bertz CT molecular complexity index is 1820. The Morgan fingerprint density at radius 1 is 0.980 bits per heavy atom. The summed E-state index contributed by atoms with van der Waals surface area (Å²) in [7, 11) is 1.10. The first kappa shape index (κ1) is 34.3. The zero-order valence-electron chi connectivity index (χ0n) is 29.3. The van der Waals surface area contributed by atoms with E-state index in [1.165, 1.54) is 32.4 Å². The minimum absolute atomic E-state index is 0.140. The van der Waals surface area contributed by atoms with E-state index in [9.17, 15) is 34.2 Å². The Labute approximate surface area is 291 Å². The van der Waals surface area contributed by atoms with Gasteiger partial charge in [0.15, 0.2) is 11.2 Å². The van der Waals surface area contributed by atoms with Gasteiger partial charge in [-0.2, -0.15) is 0 Å². The molecule has 0 radical (unpaired) electrons.